The molecule has 3 rings (SSSR count). The summed E-state index contributed by atoms with van der Waals surface area (Å²) in [6.45, 7) is 3.43. The van der Waals surface area contributed by atoms with Crippen LogP contribution < -0.4 is 10.1 Å². The Bertz CT molecular complexity index is 751. The largest absolute Gasteiger partial charge is 0.415 e. The predicted molar refractivity (Wildman–Crippen MR) is 95.7 cm³/mol. The molecule has 2 aromatic carbocycles. The van der Waals surface area contributed by atoms with Crippen LogP contribution in [0, 0.1) is 5.82 Å². The Kier molecular flexibility index (Phi) is 4.97. The minimum absolute atomic E-state index is 0.107. The summed E-state index contributed by atoms with van der Waals surface area (Å²) in [5.74, 6) is 0.0503. The van der Waals surface area contributed by atoms with Gasteiger partial charge in [0, 0.05) is 31.1 Å². The Morgan fingerprint density at radius 2 is 1.88 bits per heavy atom. The highest BCUT2D eigenvalue weighted by molar-refractivity contribution is 6.30. The van der Waals surface area contributed by atoms with Crippen molar-refractivity contribution in [3.8, 4) is 5.75 Å². The fraction of sp³-hybridized carbons (Fsp3) is 0.316. The Morgan fingerprint density at radius 3 is 2.52 bits per heavy atom. The molecule has 1 N–H and O–H groups in total. The minimum Gasteiger partial charge on any atom is -0.410 e. The monoisotopic (exact) mass is 362 g/mol. The van der Waals surface area contributed by atoms with Gasteiger partial charge in [0.2, 0.25) is 0 Å². The lowest BCUT2D eigenvalue weighted by Crippen LogP contribution is -2.52. The van der Waals surface area contributed by atoms with E-state index in [0.717, 1.165) is 12.1 Å². The number of halogens is 2. The molecule has 0 aromatic heterocycles. The fourth-order valence-corrected chi connectivity index (χ4v) is 3.34. The molecular formula is C19H20ClFN2O2. The lowest BCUT2D eigenvalue weighted by Gasteiger charge is -2.39. The van der Waals surface area contributed by atoms with Gasteiger partial charge < -0.3 is 15.0 Å². The summed E-state index contributed by atoms with van der Waals surface area (Å²) < 4.78 is 18.4. The third kappa shape index (κ3) is 3.62. The molecule has 4 nitrogen and oxygen atoms in total. The van der Waals surface area contributed by atoms with Crippen LogP contribution in [0.2, 0.25) is 5.02 Å². The van der Waals surface area contributed by atoms with Crippen molar-refractivity contribution in [2.75, 3.05) is 20.1 Å². The predicted octanol–water partition coefficient (Wildman–Crippen LogP) is 4.06. The highest BCUT2D eigenvalue weighted by Crippen LogP contribution is 2.36. The number of hydrogen-bond acceptors (Lipinski definition) is 3. The Labute approximate surface area is 151 Å². The normalized spacial score (nSPS) is 22.6. The average Bonchev–Trinajstić information content (AvgIpc) is 3.00. The third-order valence-electron chi connectivity index (χ3n) is 4.91. The molecule has 1 saturated heterocycles. The molecule has 0 radical (unpaired) electrons. The van der Waals surface area contributed by atoms with E-state index in [1.54, 1.807) is 11.9 Å². The summed E-state index contributed by atoms with van der Waals surface area (Å²) in [4.78, 5) is 14.2. The van der Waals surface area contributed by atoms with Crippen LogP contribution in [0.3, 0.4) is 0 Å². The molecule has 0 bridgehead atoms. The van der Waals surface area contributed by atoms with E-state index in [2.05, 4.69) is 5.32 Å². The van der Waals surface area contributed by atoms with Gasteiger partial charge in [0.05, 0.1) is 5.54 Å². The fourth-order valence-electron chi connectivity index (χ4n) is 3.22. The number of carbonyl (C=O) groups is 1. The summed E-state index contributed by atoms with van der Waals surface area (Å²) >= 11 is 5.98. The van der Waals surface area contributed by atoms with Crippen LogP contribution in [0.25, 0.3) is 0 Å². The van der Waals surface area contributed by atoms with E-state index in [1.807, 2.05) is 31.2 Å². The zero-order chi connectivity index (χ0) is 18.0. The molecule has 0 spiro atoms. The van der Waals surface area contributed by atoms with Crippen LogP contribution in [0.15, 0.2) is 48.5 Å². The van der Waals surface area contributed by atoms with Crippen molar-refractivity contribution >= 4 is 17.7 Å². The van der Waals surface area contributed by atoms with Gasteiger partial charge in [0.15, 0.2) is 0 Å². The second-order valence-corrected chi connectivity index (χ2v) is 6.91. The van der Waals surface area contributed by atoms with E-state index in [1.165, 1.54) is 24.3 Å². The average molecular weight is 363 g/mol. The number of nitrogens with one attached hydrogen (secondary N) is 1. The third-order valence-corrected chi connectivity index (χ3v) is 5.17. The number of ether oxygens (including phenoxy) is 1. The van der Waals surface area contributed by atoms with Crippen LogP contribution in [-0.4, -0.2) is 36.7 Å². The molecule has 25 heavy (non-hydrogen) atoms. The molecular weight excluding hydrogens is 343 g/mol. The molecule has 132 valence electrons. The molecule has 1 fully saturated rings. The van der Waals surface area contributed by atoms with Crippen molar-refractivity contribution in [1.82, 2.24) is 10.2 Å². The quantitative estimate of drug-likeness (QED) is 0.895. The first-order valence-electron chi connectivity index (χ1n) is 8.07. The van der Waals surface area contributed by atoms with E-state index in [0.29, 0.717) is 17.3 Å². The number of benzene rings is 2. The molecule has 1 heterocycles. The molecule has 6 heteroatoms. The highest BCUT2D eigenvalue weighted by atomic mass is 35.5. The van der Waals surface area contributed by atoms with Crippen molar-refractivity contribution in [2.45, 2.75) is 18.4 Å². The Balaban J connectivity index is 1.78. The van der Waals surface area contributed by atoms with Gasteiger partial charge in [-0.2, -0.15) is 0 Å². The zero-order valence-electron chi connectivity index (χ0n) is 14.1. The van der Waals surface area contributed by atoms with Crippen molar-refractivity contribution in [1.29, 1.82) is 0 Å². The minimum atomic E-state index is -0.475. The molecule has 2 aromatic rings. The van der Waals surface area contributed by atoms with Crippen LogP contribution in [-0.2, 0) is 0 Å². The van der Waals surface area contributed by atoms with Gasteiger partial charge in [0.1, 0.15) is 11.6 Å². The van der Waals surface area contributed by atoms with Gasteiger partial charge >= 0.3 is 6.09 Å². The van der Waals surface area contributed by atoms with Crippen LogP contribution >= 0.6 is 11.6 Å². The Hall–Kier alpha value is -2.11. The lowest BCUT2D eigenvalue weighted by molar-refractivity contribution is 0.109. The standard InChI is InChI=1S/C19H20ClFN2O2/c1-19(12-22-11-17(19)13-3-5-14(20)6-4-13)23(2)18(24)25-16-9-7-15(21)8-10-16/h3-10,17,22H,11-12H2,1-2H3. The molecule has 1 amide bonds. The van der Waals surface area contributed by atoms with Gasteiger partial charge in [-0.3, -0.25) is 0 Å². The highest BCUT2D eigenvalue weighted by Gasteiger charge is 2.45. The second kappa shape index (κ2) is 7.02. The molecule has 1 aliphatic heterocycles. The van der Waals surface area contributed by atoms with Gasteiger partial charge in [-0.15, -0.1) is 0 Å². The van der Waals surface area contributed by atoms with Gasteiger partial charge in [-0.25, -0.2) is 9.18 Å². The summed E-state index contributed by atoms with van der Waals surface area (Å²) in [6.07, 6.45) is -0.475. The van der Waals surface area contributed by atoms with Crippen molar-refractivity contribution in [3.05, 3.63) is 64.9 Å². The number of nitrogens with zero attached hydrogens (tertiary/aromatic N) is 1. The molecule has 2 unspecified atom stereocenters. The number of carbonyl (C=O) groups excluding carboxylic acids is 1. The Morgan fingerprint density at radius 1 is 1.24 bits per heavy atom. The van der Waals surface area contributed by atoms with Crippen molar-refractivity contribution in [3.63, 3.8) is 0 Å². The maximum atomic E-state index is 13.0. The van der Waals surface area contributed by atoms with E-state index < -0.39 is 11.6 Å². The molecule has 1 aliphatic rings. The maximum Gasteiger partial charge on any atom is 0.415 e. The van der Waals surface area contributed by atoms with Crippen molar-refractivity contribution in [2.24, 2.45) is 0 Å². The van der Waals surface area contributed by atoms with Crippen LogP contribution in [0.5, 0.6) is 5.75 Å². The topological polar surface area (TPSA) is 41.6 Å². The maximum absolute atomic E-state index is 13.0. The van der Waals surface area contributed by atoms with Gasteiger partial charge in [-0.1, -0.05) is 23.7 Å². The molecule has 0 saturated carbocycles. The first-order valence-corrected chi connectivity index (χ1v) is 8.45. The second-order valence-electron chi connectivity index (χ2n) is 6.47. The van der Waals surface area contributed by atoms with Crippen LogP contribution in [0.4, 0.5) is 9.18 Å². The zero-order valence-corrected chi connectivity index (χ0v) is 14.9. The van der Waals surface area contributed by atoms with E-state index in [4.69, 9.17) is 16.3 Å². The van der Waals surface area contributed by atoms with Gasteiger partial charge in [0.25, 0.3) is 0 Å². The van der Waals surface area contributed by atoms with E-state index in [-0.39, 0.29) is 11.7 Å². The van der Waals surface area contributed by atoms with E-state index >= 15 is 0 Å². The summed E-state index contributed by atoms with van der Waals surface area (Å²) in [7, 11) is 1.72. The van der Waals surface area contributed by atoms with Crippen LogP contribution in [0.1, 0.15) is 18.4 Å². The number of likely N-dealkylation sites (N-methyl/N-ethyl adjacent to an activating group) is 1. The van der Waals surface area contributed by atoms with E-state index in [9.17, 15) is 9.18 Å². The number of amides is 1. The summed E-state index contributed by atoms with van der Waals surface area (Å²) in [5, 5.41) is 4.03. The molecule has 0 aliphatic carbocycles. The van der Waals surface area contributed by atoms with Crippen molar-refractivity contribution < 1.29 is 13.9 Å². The lowest BCUT2D eigenvalue weighted by atomic mass is 9.82. The summed E-state index contributed by atoms with van der Waals surface area (Å²) in [5.41, 5.74) is 0.656. The smallest absolute Gasteiger partial charge is 0.410 e. The molecule has 2 atom stereocenters. The first-order chi connectivity index (χ1) is 11.9. The van der Waals surface area contributed by atoms with Gasteiger partial charge in [-0.05, 0) is 48.9 Å². The first kappa shape index (κ1) is 17.7. The SMILES string of the molecule is CN(C(=O)Oc1ccc(F)cc1)C1(C)CNCC1c1ccc(Cl)cc1. The number of rotatable bonds is 3. The summed E-state index contributed by atoms with van der Waals surface area (Å²) in [6, 6.07) is 13.1. The number of hydrogen-bond donors (Lipinski definition) is 1.